The molecule has 0 unspecified atom stereocenters. The Bertz CT molecular complexity index is 543. The number of methoxy groups -OCH3 is 1. The smallest absolute Gasteiger partial charge is 0.176 e. The lowest BCUT2D eigenvalue weighted by Gasteiger charge is -2.02. The summed E-state index contributed by atoms with van der Waals surface area (Å²) in [6.45, 7) is 1.87. The Morgan fingerprint density at radius 3 is 3.05 bits per heavy atom. The van der Waals surface area contributed by atoms with Crippen molar-refractivity contribution in [3.8, 4) is 5.75 Å². The molecule has 1 heterocycles. The Kier molecular flexibility index (Phi) is 3.74. The van der Waals surface area contributed by atoms with Crippen molar-refractivity contribution in [1.82, 2.24) is 5.32 Å². The van der Waals surface area contributed by atoms with Gasteiger partial charge < -0.3 is 14.5 Å². The average molecular weight is 259 g/mol. The molecule has 3 nitrogen and oxygen atoms in total. The molecular weight excluding hydrogens is 238 g/mol. The van der Waals surface area contributed by atoms with Crippen LogP contribution in [0.25, 0.3) is 11.0 Å². The summed E-state index contributed by atoms with van der Waals surface area (Å²) in [5.41, 5.74) is 0.847. The summed E-state index contributed by atoms with van der Waals surface area (Å²) in [5, 5.41) is 4.55. The van der Waals surface area contributed by atoms with Crippen LogP contribution in [0, 0.1) is 5.92 Å². The van der Waals surface area contributed by atoms with E-state index in [-0.39, 0.29) is 0 Å². The highest BCUT2D eigenvalue weighted by atomic mass is 16.5. The van der Waals surface area contributed by atoms with Gasteiger partial charge in [0, 0.05) is 5.39 Å². The highest BCUT2D eigenvalue weighted by molar-refractivity contribution is 5.83. The van der Waals surface area contributed by atoms with E-state index in [2.05, 4.69) is 17.4 Å². The van der Waals surface area contributed by atoms with Crippen molar-refractivity contribution in [2.24, 2.45) is 5.92 Å². The van der Waals surface area contributed by atoms with Gasteiger partial charge in [0.25, 0.3) is 0 Å². The predicted molar refractivity (Wildman–Crippen MR) is 76.4 cm³/mol. The van der Waals surface area contributed by atoms with Crippen LogP contribution >= 0.6 is 0 Å². The summed E-state index contributed by atoms with van der Waals surface area (Å²) >= 11 is 0. The first-order chi connectivity index (χ1) is 9.36. The summed E-state index contributed by atoms with van der Waals surface area (Å²) in [6.07, 6.45) is 5.54. The fourth-order valence-electron chi connectivity index (χ4n) is 2.47. The van der Waals surface area contributed by atoms with Gasteiger partial charge in [-0.1, -0.05) is 25.0 Å². The molecule has 3 rings (SSSR count). The lowest BCUT2D eigenvalue weighted by Crippen LogP contribution is -2.14. The molecule has 0 atom stereocenters. The Morgan fingerprint density at radius 1 is 1.37 bits per heavy atom. The fraction of sp³-hybridized carbons (Fsp3) is 0.500. The van der Waals surface area contributed by atoms with Gasteiger partial charge in [-0.05, 0) is 37.4 Å². The number of benzene rings is 1. The molecule has 0 amide bonds. The summed E-state index contributed by atoms with van der Waals surface area (Å²) in [7, 11) is 1.67. The molecule has 2 aromatic rings. The van der Waals surface area contributed by atoms with Gasteiger partial charge in [-0.3, -0.25) is 0 Å². The summed E-state index contributed by atoms with van der Waals surface area (Å²) in [4.78, 5) is 0. The highest BCUT2D eigenvalue weighted by Crippen LogP contribution is 2.33. The van der Waals surface area contributed by atoms with E-state index in [4.69, 9.17) is 9.15 Å². The molecule has 1 aromatic carbocycles. The van der Waals surface area contributed by atoms with Gasteiger partial charge in [-0.15, -0.1) is 0 Å². The van der Waals surface area contributed by atoms with Crippen LogP contribution in [-0.4, -0.2) is 13.7 Å². The fourth-order valence-corrected chi connectivity index (χ4v) is 2.47. The zero-order valence-corrected chi connectivity index (χ0v) is 11.4. The van der Waals surface area contributed by atoms with Crippen LogP contribution in [0.5, 0.6) is 5.75 Å². The number of ether oxygens (including phenoxy) is 1. The zero-order chi connectivity index (χ0) is 13.1. The van der Waals surface area contributed by atoms with Crippen LogP contribution in [0.2, 0.25) is 0 Å². The molecular formula is C16H21NO2. The Morgan fingerprint density at radius 2 is 2.26 bits per heavy atom. The summed E-state index contributed by atoms with van der Waals surface area (Å²) in [6, 6.07) is 8.06. The Hall–Kier alpha value is -1.48. The van der Waals surface area contributed by atoms with Gasteiger partial charge in [-0.25, -0.2) is 0 Å². The van der Waals surface area contributed by atoms with E-state index in [0.29, 0.717) is 0 Å². The van der Waals surface area contributed by atoms with Crippen molar-refractivity contribution < 1.29 is 9.15 Å². The minimum Gasteiger partial charge on any atom is -0.493 e. The van der Waals surface area contributed by atoms with E-state index in [9.17, 15) is 0 Å². The Balaban J connectivity index is 1.55. The number of rotatable bonds is 7. The highest BCUT2D eigenvalue weighted by Gasteiger charge is 2.19. The van der Waals surface area contributed by atoms with Gasteiger partial charge in [0.1, 0.15) is 5.76 Å². The molecule has 1 N–H and O–H groups in total. The van der Waals surface area contributed by atoms with Crippen LogP contribution in [-0.2, 0) is 6.54 Å². The van der Waals surface area contributed by atoms with E-state index in [1.807, 2.05) is 12.1 Å². The molecule has 0 aliphatic heterocycles. The second-order valence-electron chi connectivity index (χ2n) is 5.35. The second-order valence-corrected chi connectivity index (χ2v) is 5.35. The first kappa shape index (κ1) is 12.5. The van der Waals surface area contributed by atoms with Crippen LogP contribution in [0.1, 0.15) is 31.4 Å². The standard InChI is InChI=1S/C16H21NO2/c1-18-15-6-2-5-13-10-14(19-16(13)15)11-17-9-3-4-12-7-8-12/h2,5-6,10,12,17H,3-4,7-9,11H2,1H3. The van der Waals surface area contributed by atoms with Crippen molar-refractivity contribution in [3.63, 3.8) is 0 Å². The SMILES string of the molecule is COc1cccc2cc(CNCCCC3CC3)oc12. The van der Waals surface area contributed by atoms with Crippen LogP contribution < -0.4 is 10.1 Å². The topological polar surface area (TPSA) is 34.4 Å². The van der Waals surface area contributed by atoms with E-state index in [0.717, 1.165) is 41.5 Å². The normalized spacial score (nSPS) is 15.0. The number of nitrogens with one attached hydrogen (secondary N) is 1. The van der Waals surface area contributed by atoms with E-state index < -0.39 is 0 Å². The van der Waals surface area contributed by atoms with Crippen molar-refractivity contribution in [2.45, 2.75) is 32.2 Å². The monoisotopic (exact) mass is 259 g/mol. The molecule has 0 bridgehead atoms. The lowest BCUT2D eigenvalue weighted by atomic mass is 10.2. The number of hydrogen-bond donors (Lipinski definition) is 1. The number of furan rings is 1. The Labute approximate surface area is 113 Å². The van der Waals surface area contributed by atoms with E-state index in [1.54, 1.807) is 7.11 Å². The van der Waals surface area contributed by atoms with Gasteiger partial charge in [0.15, 0.2) is 11.3 Å². The summed E-state index contributed by atoms with van der Waals surface area (Å²) < 4.78 is 11.1. The predicted octanol–water partition coefficient (Wildman–Crippen LogP) is 3.72. The molecule has 19 heavy (non-hydrogen) atoms. The molecule has 1 saturated carbocycles. The maximum absolute atomic E-state index is 5.84. The zero-order valence-electron chi connectivity index (χ0n) is 11.4. The van der Waals surface area contributed by atoms with Gasteiger partial charge in [0.05, 0.1) is 13.7 Å². The minimum atomic E-state index is 0.794. The maximum Gasteiger partial charge on any atom is 0.176 e. The average Bonchev–Trinajstić information content (AvgIpc) is 3.15. The second kappa shape index (κ2) is 5.66. The largest absolute Gasteiger partial charge is 0.493 e. The first-order valence-electron chi connectivity index (χ1n) is 7.13. The van der Waals surface area contributed by atoms with Crippen molar-refractivity contribution >= 4 is 11.0 Å². The van der Waals surface area contributed by atoms with Crippen LogP contribution in [0.15, 0.2) is 28.7 Å². The number of fused-ring (bicyclic) bond motifs is 1. The van der Waals surface area contributed by atoms with Crippen molar-refractivity contribution in [1.29, 1.82) is 0 Å². The molecule has 1 aromatic heterocycles. The van der Waals surface area contributed by atoms with E-state index >= 15 is 0 Å². The molecule has 0 radical (unpaired) electrons. The molecule has 102 valence electrons. The molecule has 0 spiro atoms. The van der Waals surface area contributed by atoms with Crippen LogP contribution in [0.3, 0.4) is 0 Å². The number of hydrogen-bond acceptors (Lipinski definition) is 3. The van der Waals surface area contributed by atoms with Gasteiger partial charge in [0.2, 0.25) is 0 Å². The summed E-state index contributed by atoms with van der Waals surface area (Å²) in [5.74, 6) is 2.81. The quantitative estimate of drug-likeness (QED) is 0.769. The molecule has 1 aliphatic carbocycles. The molecule has 1 aliphatic rings. The molecule has 0 saturated heterocycles. The van der Waals surface area contributed by atoms with Crippen molar-refractivity contribution in [3.05, 3.63) is 30.0 Å². The third-order valence-electron chi connectivity index (χ3n) is 3.74. The molecule has 1 fully saturated rings. The van der Waals surface area contributed by atoms with Crippen molar-refractivity contribution in [2.75, 3.05) is 13.7 Å². The van der Waals surface area contributed by atoms with E-state index in [1.165, 1.54) is 25.7 Å². The third-order valence-corrected chi connectivity index (χ3v) is 3.74. The third kappa shape index (κ3) is 3.10. The molecule has 3 heteroatoms. The number of para-hydroxylation sites is 1. The maximum atomic E-state index is 5.84. The van der Waals surface area contributed by atoms with Gasteiger partial charge >= 0.3 is 0 Å². The minimum absolute atomic E-state index is 0.794. The lowest BCUT2D eigenvalue weighted by molar-refractivity contribution is 0.406. The first-order valence-corrected chi connectivity index (χ1v) is 7.13. The van der Waals surface area contributed by atoms with Gasteiger partial charge in [-0.2, -0.15) is 0 Å². The van der Waals surface area contributed by atoms with Crippen LogP contribution in [0.4, 0.5) is 0 Å².